The SMILES string of the molecule is CC(C)C[C@H](NC(=O)[C@H]1Cc2c([nH]c3ccccc23)CN1C(=O)Nc1cccc(F)c1)C(=O)N[C@@H](CC(=O)O)C(N)=O. The zero-order valence-corrected chi connectivity index (χ0v) is 23.1. The highest BCUT2D eigenvalue weighted by molar-refractivity contribution is 5.98. The Balaban J connectivity index is 1.62. The van der Waals surface area contributed by atoms with Gasteiger partial charge in [-0.1, -0.05) is 38.1 Å². The zero-order valence-electron chi connectivity index (χ0n) is 23.1. The summed E-state index contributed by atoms with van der Waals surface area (Å²) < 4.78 is 13.8. The Morgan fingerprint density at radius 1 is 1.07 bits per heavy atom. The molecule has 4 rings (SSSR count). The van der Waals surface area contributed by atoms with E-state index >= 15 is 0 Å². The fraction of sp³-hybridized carbons (Fsp3) is 0.345. The molecule has 0 aliphatic carbocycles. The van der Waals surface area contributed by atoms with Crippen LogP contribution in [0, 0.1) is 11.7 Å². The lowest BCUT2D eigenvalue weighted by Gasteiger charge is -2.35. The van der Waals surface area contributed by atoms with Gasteiger partial charge in [0.2, 0.25) is 17.7 Å². The number of aromatic amines is 1. The number of anilines is 1. The summed E-state index contributed by atoms with van der Waals surface area (Å²) in [5.74, 6) is -4.39. The molecule has 1 aliphatic rings. The van der Waals surface area contributed by atoms with Crippen molar-refractivity contribution in [2.24, 2.45) is 11.7 Å². The van der Waals surface area contributed by atoms with Crippen LogP contribution < -0.4 is 21.7 Å². The number of carboxylic acids is 1. The Hall–Kier alpha value is -4.94. The first-order valence-electron chi connectivity index (χ1n) is 13.5. The molecular weight excluding hydrogens is 547 g/mol. The van der Waals surface area contributed by atoms with E-state index in [0.717, 1.165) is 28.2 Å². The summed E-state index contributed by atoms with van der Waals surface area (Å²) in [7, 11) is 0. The second kappa shape index (κ2) is 12.7. The molecule has 0 unspecified atom stereocenters. The number of fused-ring (bicyclic) bond motifs is 3. The third-order valence-electron chi connectivity index (χ3n) is 7.02. The fourth-order valence-electron chi connectivity index (χ4n) is 5.06. The van der Waals surface area contributed by atoms with Crippen molar-refractivity contribution in [2.75, 3.05) is 5.32 Å². The lowest BCUT2D eigenvalue weighted by molar-refractivity contribution is -0.140. The monoisotopic (exact) mass is 580 g/mol. The number of nitrogens with one attached hydrogen (secondary N) is 4. The van der Waals surface area contributed by atoms with Crippen molar-refractivity contribution in [3.05, 3.63) is 65.6 Å². The number of nitrogens with two attached hydrogens (primary N) is 1. The maximum absolute atomic E-state index is 13.8. The fourth-order valence-corrected chi connectivity index (χ4v) is 5.06. The number of nitrogens with zero attached hydrogens (tertiary/aromatic N) is 1. The van der Waals surface area contributed by atoms with Crippen LogP contribution in [-0.4, -0.2) is 62.8 Å². The van der Waals surface area contributed by atoms with Gasteiger partial charge < -0.3 is 36.7 Å². The van der Waals surface area contributed by atoms with E-state index in [4.69, 9.17) is 10.8 Å². The predicted octanol–water partition coefficient (Wildman–Crippen LogP) is 2.24. The minimum atomic E-state index is -1.47. The smallest absolute Gasteiger partial charge is 0.322 e. The number of hydrogen-bond donors (Lipinski definition) is 6. The predicted molar refractivity (Wildman–Crippen MR) is 152 cm³/mol. The molecule has 3 atom stereocenters. The van der Waals surface area contributed by atoms with Crippen LogP contribution in [0.15, 0.2) is 48.5 Å². The lowest BCUT2D eigenvalue weighted by atomic mass is 9.95. The van der Waals surface area contributed by atoms with Crippen molar-refractivity contribution >= 4 is 46.3 Å². The van der Waals surface area contributed by atoms with E-state index in [2.05, 4.69) is 20.9 Å². The summed E-state index contributed by atoms with van der Waals surface area (Å²) in [6, 6.07) is 8.55. The number of rotatable bonds is 10. The van der Waals surface area contributed by atoms with Crippen molar-refractivity contribution in [3.63, 3.8) is 0 Å². The molecule has 1 aliphatic heterocycles. The lowest BCUT2D eigenvalue weighted by Crippen LogP contribution is -2.59. The van der Waals surface area contributed by atoms with E-state index in [0.29, 0.717) is 0 Å². The molecule has 0 saturated heterocycles. The first-order chi connectivity index (χ1) is 19.9. The van der Waals surface area contributed by atoms with Gasteiger partial charge >= 0.3 is 12.0 Å². The Kier molecular flexibility index (Phi) is 9.09. The summed E-state index contributed by atoms with van der Waals surface area (Å²) in [6.07, 6.45) is -0.430. The maximum atomic E-state index is 13.8. The van der Waals surface area contributed by atoms with Gasteiger partial charge in [-0.2, -0.15) is 0 Å². The van der Waals surface area contributed by atoms with Crippen molar-refractivity contribution in [2.45, 2.75) is 57.8 Å². The number of para-hydroxylation sites is 1. The Bertz CT molecular complexity index is 1520. The van der Waals surface area contributed by atoms with Crippen molar-refractivity contribution in [1.82, 2.24) is 20.5 Å². The van der Waals surface area contributed by atoms with Crippen molar-refractivity contribution < 1.29 is 33.5 Å². The Morgan fingerprint density at radius 3 is 2.48 bits per heavy atom. The largest absolute Gasteiger partial charge is 0.481 e. The number of hydrogen-bond acceptors (Lipinski definition) is 5. The number of H-pyrrole nitrogens is 1. The van der Waals surface area contributed by atoms with E-state index in [1.165, 1.54) is 23.1 Å². The molecule has 0 radical (unpaired) electrons. The number of carbonyl (C=O) groups excluding carboxylic acids is 4. The molecular formula is C29H33FN6O6. The zero-order chi connectivity index (χ0) is 30.6. The third-order valence-corrected chi connectivity index (χ3v) is 7.02. The number of aliphatic carboxylic acids is 1. The molecule has 5 amide bonds. The normalized spacial score (nSPS) is 15.9. The van der Waals surface area contributed by atoms with Crippen molar-refractivity contribution in [3.8, 4) is 0 Å². The number of carboxylic acid groups (broad SMARTS) is 1. The van der Waals surface area contributed by atoms with Gasteiger partial charge in [0.05, 0.1) is 13.0 Å². The second-order valence-electron chi connectivity index (χ2n) is 10.7. The molecule has 12 nitrogen and oxygen atoms in total. The highest BCUT2D eigenvalue weighted by Crippen LogP contribution is 2.31. The summed E-state index contributed by atoms with van der Waals surface area (Å²) in [5.41, 5.74) is 7.90. The van der Waals surface area contributed by atoms with Gasteiger partial charge in [-0.25, -0.2) is 9.18 Å². The topological polar surface area (TPSA) is 187 Å². The van der Waals surface area contributed by atoms with E-state index in [9.17, 15) is 28.4 Å². The molecule has 1 aromatic heterocycles. The van der Waals surface area contributed by atoms with Gasteiger partial charge in [-0.15, -0.1) is 0 Å². The molecule has 0 saturated carbocycles. The number of aromatic nitrogens is 1. The third kappa shape index (κ3) is 7.03. The van der Waals surface area contributed by atoms with Crippen LogP contribution in [0.2, 0.25) is 0 Å². The summed E-state index contributed by atoms with van der Waals surface area (Å²) in [5, 5.41) is 17.6. The number of primary amides is 1. The van der Waals surface area contributed by atoms with Crippen LogP contribution in [-0.2, 0) is 32.1 Å². The summed E-state index contributed by atoms with van der Waals surface area (Å²) in [6.45, 7) is 3.69. The standard InChI is InChI=1S/C29H33FN6O6/c1-15(2)10-22(27(40)34-21(26(31)39)13-25(37)38)35-28(41)24-12-19-18-8-3-4-9-20(18)33-23(19)14-36(24)29(42)32-17-7-5-6-16(30)11-17/h3-9,11,15,21-22,24,33H,10,12-14H2,1-2H3,(H2,31,39)(H,32,42)(H,34,40)(H,35,41)(H,37,38)/t21-,22-,24+/m0/s1. The first-order valence-corrected chi connectivity index (χ1v) is 13.5. The van der Waals surface area contributed by atoms with Gasteiger partial charge in [-0.3, -0.25) is 19.2 Å². The van der Waals surface area contributed by atoms with Crippen LogP contribution in [0.3, 0.4) is 0 Å². The molecule has 222 valence electrons. The van der Waals surface area contributed by atoms with Gasteiger partial charge in [0.15, 0.2) is 0 Å². The minimum absolute atomic E-state index is 0.0344. The van der Waals surface area contributed by atoms with E-state index < -0.39 is 60.1 Å². The molecule has 0 spiro atoms. The molecule has 13 heteroatoms. The first kappa shape index (κ1) is 30.0. The Labute approximate surface area is 240 Å². The van der Waals surface area contributed by atoms with Gasteiger partial charge in [-0.05, 0) is 42.2 Å². The van der Waals surface area contributed by atoms with E-state index in [1.807, 2.05) is 38.1 Å². The molecule has 2 heterocycles. The number of halogens is 1. The molecule has 0 fully saturated rings. The highest BCUT2D eigenvalue weighted by Gasteiger charge is 2.38. The summed E-state index contributed by atoms with van der Waals surface area (Å²) >= 11 is 0. The van der Waals surface area contributed by atoms with E-state index in [-0.39, 0.29) is 31.0 Å². The number of urea groups is 1. The summed E-state index contributed by atoms with van der Waals surface area (Å²) in [4.78, 5) is 67.9. The van der Waals surface area contributed by atoms with Crippen LogP contribution in [0.25, 0.3) is 10.9 Å². The Morgan fingerprint density at radius 2 is 1.81 bits per heavy atom. The van der Waals surface area contributed by atoms with Crippen LogP contribution in [0.4, 0.5) is 14.9 Å². The minimum Gasteiger partial charge on any atom is -0.481 e. The molecule has 42 heavy (non-hydrogen) atoms. The molecule has 3 aromatic rings. The van der Waals surface area contributed by atoms with Crippen molar-refractivity contribution in [1.29, 1.82) is 0 Å². The van der Waals surface area contributed by atoms with Gasteiger partial charge in [0, 0.05) is 28.7 Å². The molecule has 0 bridgehead atoms. The average molecular weight is 581 g/mol. The van der Waals surface area contributed by atoms with Crippen LogP contribution in [0.5, 0.6) is 0 Å². The van der Waals surface area contributed by atoms with Gasteiger partial charge in [0.25, 0.3) is 0 Å². The molecule has 2 aromatic carbocycles. The average Bonchev–Trinajstić information content (AvgIpc) is 3.28. The van der Waals surface area contributed by atoms with Gasteiger partial charge in [0.1, 0.15) is 23.9 Å². The molecule has 7 N–H and O–H groups in total. The number of carbonyl (C=O) groups is 5. The number of benzene rings is 2. The van der Waals surface area contributed by atoms with Crippen LogP contribution in [0.1, 0.15) is 37.9 Å². The van der Waals surface area contributed by atoms with E-state index in [1.54, 1.807) is 0 Å². The quantitative estimate of drug-likeness (QED) is 0.213. The van der Waals surface area contributed by atoms with Crippen LogP contribution >= 0.6 is 0 Å². The maximum Gasteiger partial charge on any atom is 0.322 e. The highest BCUT2D eigenvalue weighted by atomic mass is 19.1. The second-order valence-corrected chi connectivity index (χ2v) is 10.7. The number of amides is 5.